The second-order valence-electron chi connectivity index (χ2n) is 5.33. The first kappa shape index (κ1) is 16.0. The number of unbranched alkanes of at least 4 members (excludes halogenated alkanes) is 4. The third-order valence-electron chi connectivity index (χ3n) is 3.55. The Balaban J connectivity index is 3.50. The summed E-state index contributed by atoms with van der Waals surface area (Å²) in [6.07, 6.45) is 15.2. The second-order valence-corrected chi connectivity index (χ2v) is 5.33. The van der Waals surface area contributed by atoms with E-state index >= 15 is 0 Å². The van der Waals surface area contributed by atoms with Crippen LogP contribution in [0, 0.1) is 18.3 Å². The van der Waals surface area contributed by atoms with Crippen molar-refractivity contribution in [1.82, 2.24) is 0 Å². The molecule has 2 atom stereocenters. The highest BCUT2D eigenvalue weighted by Crippen LogP contribution is 2.23. The Morgan fingerprint density at radius 3 is 2.06 bits per heavy atom. The summed E-state index contributed by atoms with van der Waals surface area (Å²) >= 11 is 0. The van der Waals surface area contributed by atoms with E-state index in [1.165, 1.54) is 57.8 Å². The van der Waals surface area contributed by atoms with Crippen molar-refractivity contribution >= 4 is 0 Å². The standard InChI is InChI=1S/C16H33/c1-5-8-9-10-11-13-16(7-3)14-15(4)12-6-2/h14-16H,5-13H2,1-4H3. The molecule has 0 aliphatic carbocycles. The van der Waals surface area contributed by atoms with E-state index < -0.39 is 0 Å². The number of hydrogen-bond acceptors (Lipinski definition) is 0. The molecule has 0 nitrogen and oxygen atoms in total. The molecule has 2 unspecified atom stereocenters. The molecule has 0 N–H and O–H groups in total. The monoisotopic (exact) mass is 225 g/mol. The first-order chi connectivity index (χ1) is 7.74. The molecule has 0 bridgehead atoms. The van der Waals surface area contributed by atoms with Gasteiger partial charge in [-0.2, -0.15) is 0 Å². The largest absolute Gasteiger partial charge is 0.0654 e. The van der Waals surface area contributed by atoms with Crippen LogP contribution in [0.15, 0.2) is 0 Å². The van der Waals surface area contributed by atoms with Gasteiger partial charge in [-0.05, 0) is 18.3 Å². The smallest absolute Gasteiger partial charge is 0.0327 e. The summed E-state index contributed by atoms with van der Waals surface area (Å²) in [5.41, 5.74) is 0. The lowest BCUT2D eigenvalue weighted by atomic mass is 9.87. The fourth-order valence-electron chi connectivity index (χ4n) is 2.46. The molecule has 0 aromatic carbocycles. The van der Waals surface area contributed by atoms with E-state index in [0.29, 0.717) is 0 Å². The quantitative estimate of drug-likeness (QED) is 0.377. The van der Waals surface area contributed by atoms with Crippen molar-refractivity contribution in [1.29, 1.82) is 0 Å². The van der Waals surface area contributed by atoms with Crippen molar-refractivity contribution in [3.63, 3.8) is 0 Å². The summed E-state index contributed by atoms with van der Waals surface area (Å²) in [6.45, 7) is 9.29. The third-order valence-corrected chi connectivity index (χ3v) is 3.55. The maximum absolute atomic E-state index is 2.61. The Hall–Kier alpha value is 0. The highest BCUT2D eigenvalue weighted by atomic mass is 14.2. The van der Waals surface area contributed by atoms with Crippen LogP contribution >= 0.6 is 0 Å². The SMILES string of the molecule is CCCCCCCC([CH]C(C)CCC)CC. The van der Waals surface area contributed by atoms with E-state index in [1.807, 2.05) is 0 Å². The highest BCUT2D eigenvalue weighted by molar-refractivity contribution is 4.80. The highest BCUT2D eigenvalue weighted by Gasteiger charge is 2.10. The third kappa shape index (κ3) is 9.24. The van der Waals surface area contributed by atoms with Crippen LogP contribution < -0.4 is 0 Å². The molecule has 0 aliphatic heterocycles. The van der Waals surface area contributed by atoms with Gasteiger partial charge in [0.25, 0.3) is 0 Å². The van der Waals surface area contributed by atoms with Gasteiger partial charge in [0.05, 0.1) is 0 Å². The predicted octanol–water partition coefficient (Wildman–Crippen LogP) is 6.01. The van der Waals surface area contributed by atoms with Crippen LogP contribution in [-0.2, 0) is 0 Å². The zero-order valence-corrected chi connectivity index (χ0v) is 12.1. The maximum atomic E-state index is 2.61. The second kappa shape index (κ2) is 11.5. The van der Waals surface area contributed by atoms with Gasteiger partial charge < -0.3 is 0 Å². The summed E-state index contributed by atoms with van der Waals surface area (Å²) in [6, 6.07) is 0. The Bertz CT molecular complexity index is 128. The van der Waals surface area contributed by atoms with Crippen molar-refractivity contribution in [2.45, 2.75) is 85.5 Å². The molecular weight excluding hydrogens is 192 g/mol. The molecule has 0 heterocycles. The summed E-state index contributed by atoms with van der Waals surface area (Å²) in [7, 11) is 0. The fourth-order valence-corrected chi connectivity index (χ4v) is 2.46. The van der Waals surface area contributed by atoms with Gasteiger partial charge in [0, 0.05) is 0 Å². The summed E-state index contributed by atoms with van der Waals surface area (Å²) in [5, 5.41) is 0. The van der Waals surface area contributed by atoms with E-state index in [2.05, 4.69) is 34.1 Å². The van der Waals surface area contributed by atoms with E-state index in [-0.39, 0.29) is 0 Å². The lowest BCUT2D eigenvalue weighted by Crippen LogP contribution is -2.07. The minimum atomic E-state index is 0.825. The molecule has 0 aromatic rings. The topological polar surface area (TPSA) is 0 Å². The van der Waals surface area contributed by atoms with Gasteiger partial charge in [-0.15, -0.1) is 0 Å². The van der Waals surface area contributed by atoms with Gasteiger partial charge in [0.15, 0.2) is 0 Å². The zero-order valence-electron chi connectivity index (χ0n) is 12.1. The Kier molecular flexibility index (Phi) is 11.5. The van der Waals surface area contributed by atoms with Crippen LogP contribution in [0.2, 0.25) is 0 Å². The van der Waals surface area contributed by atoms with Gasteiger partial charge in [0.2, 0.25) is 0 Å². The molecule has 97 valence electrons. The van der Waals surface area contributed by atoms with Crippen LogP contribution in [0.3, 0.4) is 0 Å². The van der Waals surface area contributed by atoms with E-state index in [4.69, 9.17) is 0 Å². The normalized spacial score (nSPS) is 15.0. The molecule has 0 fully saturated rings. The first-order valence-electron chi connectivity index (χ1n) is 7.59. The fraction of sp³-hybridized carbons (Fsp3) is 0.938. The molecule has 0 rings (SSSR count). The minimum absolute atomic E-state index is 0.825. The van der Waals surface area contributed by atoms with Crippen molar-refractivity contribution in [3.8, 4) is 0 Å². The van der Waals surface area contributed by atoms with Crippen molar-refractivity contribution in [2.24, 2.45) is 11.8 Å². The average Bonchev–Trinajstić information content (AvgIpc) is 2.27. The first-order valence-corrected chi connectivity index (χ1v) is 7.59. The van der Waals surface area contributed by atoms with Crippen molar-refractivity contribution in [2.75, 3.05) is 0 Å². The van der Waals surface area contributed by atoms with Gasteiger partial charge in [-0.1, -0.05) is 85.5 Å². The van der Waals surface area contributed by atoms with Crippen LogP contribution in [-0.4, -0.2) is 0 Å². The van der Waals surface area contributed by atoms with Gasteiger partial charge in [-0.25, -0.2) is 0 Å². The number of rotatable bonds is 11. The molecule has 0 saturated carbocycles. The Morgan fingerprint density at radius 2 is 1.50 bits per heavy atom. The lowest BCUT2D eigenvalue weighted by Gasteiger charge is -2.18. The van der Waals surface area contributed by atoms with Gasteiger partial charge in [-0.3, -0.25) is 0 Å². The molecule has 0 saturated heterocycles. The van der Waals surface area contributed by atoms with Crippen molar-refractivity contribution < 1.29 is 0 Å². The molecule has 0 aromatic heterocycles. The van der Waals surface area contributed by atoms with Crippen LogP contribution in [0.1, 0.15) is 85.5 Å². The minimum Gasteiger partial charge on any atom is -0.0654 e. The molecule has 0 aliphatic rings. The van der Waals surface area contributed by atoms with Crippen molar-refractivity contribution in [3.05, 3.63) is 6.42 Å². The molecule has 1 radical (unpaired) electrons. The van der Waals surface area contributed by atoms with Gasteiger partial charge >= 0.3 is 0 Å². The Labute approximate surface area is 104 Å². The molecular formula is C16H33. The summed E-state index contributed by atoms with van der Waals surface area (Å²) in [4.78, 5) is 0. The van der Waals surface area contributed by atoms with Crippen LogP contribution in [0.5, 0.6) is 0 Å². The molecule has 0 heteroatoms. The molecule has 0 spiro atoms. The van der Waals surface area contributed by atoms with E-state index in [9.17, 15) is 0 Å². The summed E-state index contributed by atoms with van der Waals surface area (Å²) < 4.78 is 0. The van der Waals surface area contributed by atoms with Crippen LogP contribution in [0.4, 0.5) is 0 Å². The van der Waals surface area contributed by atoms with Gasteiger partial charge in [0.1, 0.15) is 0 Å². The van der Waals surface area contributed by atoms with E-state index in [0.717, 1.165) is 11.8 Å². The predicted molar refractivity (Wildman–Crippen MR) is 75.5 cm³/mol. The Morgan fingerprint density at radius 1 is 0.812 bits per heavy atom. The zero-order chi connectivity index (χ0) is 12.2. The van der Waals surface area contributed by atoms with Crippen LogP contribution in [0.25, 0.3) is 0 Å². The average molecular weight is 225 g/mol. The molecule has 16 heavy (non-hydrogen) atoms. The lowest BCUT2D eigenvalue weighted by molar-refractivity contribution is 0.430. The molecule has 0 amide bonds. The number of hydrogen-bond donors (Lipinski definition) is 0. The summed E-state index contributed by atoms with van der Waals surface area (Å²) in [5.74, 6) is 1.70. The maximum Gasteiger partial charge on any atom is -0.0327 e. The van der Waals surface area contributed by atoms with E-state index in [1.54, 1.807) is 0 Å².